The minimum absolute atomic E-state index is 0.511. The molecule has 3 rings (SSSR count). The van der Waals surface area contributed by atoms with Gasteiger partial charge >= 0.3 is 0 Å². The maximum Gasteiger partial charge on any atom is 0.128 e. The molecule has 4 nitrogen and oxygen atoms in total. The van der Waals surface area contributed by atoms with E-state index in [9.17, 15) is 0 Å². The Kier molecular flexibility index (Phi) is 4.24. The summed E-state index contributed by atoms with van der Waals surface area (Å²) in [6.45, 7) is 4.09. The Balaban J connectivity index is 1.57. The molecule has 1 N–H and O–H groups in total. The van der Waals surface area contributed by atoms with Gasteiger partial charge in [0.25, 0.3) is 0 Å². The Morgan fingerprint density at radius 2 is 2.05 bits per heavy atom. The van der Waals surface area contributed by atoms with E-state index in [1.165, 1.54) is 11.3 Å². The van der Waals surface area contributed by atoms with E-state index >= 15 is 0 Å². The number of hydrogen-bond acceptors (Lipinski definition) is 4. The highest BCUT2D eigenvalue weighted by Gasteiger charge is 2.19. The Morgan fingerprint density at radius 3 is 2.68 bits per heavy atom. The molecule has 0 saturated carbocycles. The van der Waals surface area contributed by atoms with Gasteiger partial charge in [-0.3, -0.25) is 0 Å². The summed E-state index contributed by atoms with van der Waals surface area (Å²) >= 11 is 0. The Hall–Kier alpha value is -2.54. The van der Waals surface area contributed by atoms with E-state index in [0.717, 1.165) is 31.7 Å². The van der Waals surface area contributed by atoms with Crippen LogP contribution in [0, 0.1) is 18.3 Å². The number of anilines is 2. The lowest BCUT2D eigenvalue weighted by Gasteiger charge is -2.33. The molecule has 4 heteroatoms. The molecule has 0 aliphatic carbocycles. The molecule has 0 radical (unpaired) electrons. The van der Waals surface area contributed by atoms with Crippen LogP contribution < -0.4 is 10.2 Å². The number of benzene rings is 1. The Labute approximate surface area is 131 Å². The van der Waals surface area contributed by atoms with Crippen LogP contribution in [0.2, 0.25) is 0 Å². The van der Waals surface area contributed by atoms with Crippen LogP contribution >= 0.6 is 0 Å². The molecular weight excluding hydrogens is 272 g/mol. The second-order valence-electron chi connectivity index (χ2n) is 5.79. The summed E-state index contributed by atoms with van der Waals surface area (Å²) in [6.07, 6.45) is 3.83. The van der Waals surface area contributed by atoms with Crippen molar-refractivity contribution >= 4 is 11.5 Å². The first kappa shape index (κ1) is 14.4. The van der Waals surface area contributed by atoms with Crippen LogP contribution in [0.1, 0.15) is 24.0 Å². The number of nitrogens with zero attached hydrogens (tertiary/aromatic N) is 3. The van der Waals surface area contributed by atoms with Gasteiger partial charge in [-0.2, -0.15) is 5.26 Å². The predicted molar refractivity (Wildman–Crippen MR) is 89.0 cm³/mol. The minimum Gasteiger partial charge on any atom is -0.382 e. The highest BCUT2D eigenvalue weighted by molar-refractivity contribution is 5.47. The molecule has 1 aliphatic heterocycles. The van der Waals surface area contributed by atoms with Crippen molar-refractivity contribution in [3.8, 4) is 6.07 Å². The highest BCUT2D eigenvalue weighted by Crippen LogP contribution is 2.21. The van der Waals surface area contributed by atoms with Crippen LogP contribution in [0.5, 0.6) is 0 Å². The number of pyridine rings is 1. The zero-order valence-corrected chi connectivity index (χ0v) is 12.8. The Morgan fingerprint density at radius 1 is 1.23 bits per heavy atom. The molecule has 0 unspecified atom stereocenters. The van der Waals surface area contributed by atoms with E-state index in [1.54, 1.807) is 6.20 Å². The van der Waals surface area contributed by atoms with E-state index in [0.29, 0.717) is 11.6 Å². The number of piperidine rings is 1. The number of nitrogens with one attached hydrogen (secondary N) is 1. The minimum atomic E-state index is 0.511. The first-order valence-corrected chi connectivity index (χ1v) is 7.69. The molecule has 0 atom stereocenters. The fourth-order valence-electron chi connectivity index (χ4n) is 2.86. The van der Waals surface area contributed by atoms with Crippen LogP contribution in [0.25, 0.3) is 0 Å². The first-order valence-electron chi connectivity index (χ1n) is 7.69. The molecule has 0 spiro atoms. The third-order valence-corrected chi connectivity index (χ3v) is 4.08. The topological polar surface area (TPSA) is 52.0 Å². The van der Waals surface area contributed by atoms with Gasteiger partial charge in [0, 0.05) is 31.0 Å². The summed E-state index contributed by atoms with van der Waals surface area (Å²) < 4.78 is 0. The van der Waals surface area contributed by atoms with Crippen molar-refractivity contribution in [3.05, 3.63) is 53.7 Å². The predicted octanol–water partition coefficient (Wildman–Crippen LogP) is 3.34. The largest absolute Gasteiger partial charge is 0.382 e. The van der Waals surface area contributed by atoms with Crippen LogP contribution in [0.15, 0.2) is 42.6 Å². The zero-order chi connectivity index (χ0) is 15.4. The molecule has 0 amide bonds. The second kappa shape index (κ2) is 6.48. The first-order chi connectivity index (χ1) is 10.7. The van der Waals surface area contributed by atoms with E-state index in [-0.39, 0.29) is 0 Å². The van der Waals surface area contributed by atoms with E-state index in [2.05, 4.69) is 52.5 Å². The molecule has 112 valence electrons. The number of rotatable bonds is 3. The van der Waals surface area contributed by atoms with Crippen molar-refractivity contribution in [1.82, 2.24) is 4.98 Å². The molecule has 1 aliphatic rings. The zero-order valence-electron chi connectivity index (χ0n) is 12.8. The van der Waals surface area contributed by atoms with Crippen molar-refractivity contribution in [1.29, 1.82) is 5.26 Å². The van der Waals surface area contributed by atoms with Crippen molar-refractivity contribution in [3.63, 3.8) is 0 Å². The average Bonchev–Trinajstić information content (AvgIpc) is 2.56. The lowest BCUT2D eigenvalue weighted by atomic mass is 10.0. The molecule has 1 saturated heterocycles. The molecule has 0 bridgehead atoms. The van der Waals surface area contributed by atoms with Crippen molar-refractivity contribution in [2.45, 2.75) is 25.8 Å². The third kappa shape index (κ3) is 3.37. The SMILES string of the molecule is Cc1cccc(NC2CCN(c3ccc(C#N)cn3)CC2)c1. The van der Waals surface area contributed by atoms with Gasteiger partial charge in [0.1, 0.15) is 11.9 Å². The fraction of sp³-hybridized carbons (Fsp3) is 0.333. The van der Waals surface area contributed by atoms with Crippen molar-refractivity contribution < 1.29 is 0 Å². The van der Waals surface area contributed by atoms with Gasteiger partial charge < -0.3 is 10.2 Å². The lowest BCUT2D eigenvalue weighted by Crippen LogP contribution is -2.39. The van der Waals surface area contributed by atoms with Gasteiger partial charge in [-0.15, -0.1) is 0 Å². The van der Waals surface area contributed by atoms with Crippen LogP contribution in [-0.4, -0.2) is 24.1 Å². The van der Waals surface area contributed by atoms with Gasteiger partial charge in [0.15, 0.2) is 0 Å². The van der Waals surface area contributed by atoms with Gasteiger partial charge in [-0.25, -0.2) is 4.98 Å². The normalized spacial score (nSPS) is 15.4. The van der Waals surface area contributed by atoms with E-state index in [1.807, 2.05) is 12.1 Å². The summed E-state index contributed by atoms with van der Waals surface area (Å²) in [5.41, 5.74) is 3.10. The maximum atomic E-state index is 8.82. The number of hydrogen-bond donors (Lipinski definition) is 1. The molecule has 1 fully saturated rings. The van der Waals surface area contributed by atoms with Crippen LogP contribution in [-0.2, 0) is 0 Å². The van der Waals surface area contributed by atoms with E-state index in [4.69, 9.17) is 5.26 Å². The molecule has 1 aromatic carbocycles. The third-order valence-electron chi connectivity index (χ3n) is 4.08. The molecular formula is C18H20N4. The monoisotopic (exact) mass is 292 g/mol. The maximum absolute atomic E-state index is 8.82. The molecule has 2 aromatic rings. The van der Waals surface area contributed by atoms with Gasteiger partial charge in [0.05, 0.1) is 5.56 Å². The van der Waals surface area contributed by atoms with Crippen molar-refractivity contribution in [2.75, 3.05) is 23.3 Å². The summed E-state index contributed by atoms with van der Waals surface area (Å²) in [5, 5.41) is 12.4. The summed E-state index contributed by atoms with van der Waals surface area (Å²) in [7, 11) is 0. The fourth-order valence-corrected chi connectivity index (χ4v) is 2.86. The molecule has 1 aromatic heterocycles. The van der Waals surface area contributed by atoms with E-state index < -0.39 is 0 Å². The van der Waals surface area contributed by atoms with Gasteiger partial charge in [-0.05, 0) is 49.6 Å². The molecule has 22 heavy (non-hydrogen) atoms. The lowest BCUT2D eigenvalue weighted by molar-refractivity contribution is 0.523. The number of aryl methyl sites for hydroxylation is 1. The van der Waals surface area contributed by atoms with Gasteiger partial charge in [-0.1, -0.05) is 12.1 Å². The second-order valence-corrected chi connectivity index (χ2v) is 5.79. The quantitative estimate of drug-likeness (QED) is 0.942. The summed E-state index contributed by atoms with van der Waals surface area (Å²) in [5.74, 6) is 0.966. The van der Waals surface area contributed by atoms with Crippen molar-refractivity contribution in [2.24, 2.45) is 0 Å². The smallest absolute Gasteiger partial charge is 0.128 e. The van der Waals surface area contributed by atoms with Gasteiger partial charge in [0.2, 0.25) is 0 Å². The highest BCUT2D eigenvalue weighted by atomic mass is 15.2. The van der Waals surface area contributed by atoms with Crippen LogP contribution in [0.4, 0.5) is 11.5 Å². The standard InChI is InChI=1S/C18H20N4/c1-14-3-2-4-17(11-14)21-16-7-9-22(10-8-16)18-6-5-15(12-19)13-20-18/h2-6,11,13,16,21H,7-10H2,1H3. The summed E-state index contributed by atoms with van der Waals surface area (Å²) in [6, 6.07) is 14.9. The van der Waals surface area contributed by atoms with Crippen LogP contribution in [0.3, 0.4) is 0 Å². The molecule has 2 heterocycles. The number of nitriles is 1. The number of aromatic nitrogens is 1. The average molecular weight is 292 g/mol. The summed E-state index contributed by atoms with van der Waals surface area (Å²) in [4.78, 5) is 6.66. The Bertz CT molecular complexity index is 664.